The van der Waals surface area contributed by atoms with Crippen LogP contribution in [0.3, 0.4) is 0 Å². The van der Waals surface area contributed by atoms with Crippen molar-refractivity contribution in [2.75, 3.05) is 13.6 Å². The molecule has 0 unspecified atom stereocenters. The topological polar surface area (TPSA) is 3.24 Å². The number of allylic oxidation sites excluding steroid dienone is 1. The molecule has 0 heterocycles. The fraction of sp³-hybridized carbons (Fsp3) is 0.800. The fourth-order valence-electron chi connectivity index (χ4n) is 0.928. The Morgan fingerprint density at radius 1 is 1.45 bits per heavy atom. The van der Waals surface area contributed by atoms with E-state index in [-0.39, 0.29) is 0 Å². The maximum absolute atomic E-state index is 3.88. The van der Waals surface area contributed by atoms with Gasteiger partial charge in [0.05, 0.1) is 0 Å². The molecule has 0 aromatic carbocycles. The predicted octanol–water partition coefficient (Wildman–Crippen LogP) is 2.89. The highest BCUT2D eigenvalue weighted by molar-refractivity contribution is 4.85. The van der Waals surface area contributed by atoms with Crippen LogP contribution in [0.15, 0.2) is 12.3 Å². The number of hydrogen-bond donors (Lipinski definition) is 0. The van der Waals surface area contributed by atoms with Gasteiger partial charge in [-0.25, -0.2) is 0 Å². The molecule has 0 rings (SSSR count). The zero-order valence-corrected chi connectivity index (χ0v) is 8.35. The highest BCUT2D eigenvalue weighted by Crippen LogP contribution is 2.05. The summed E-state index contributed by atoms with van der Waals surface area (Å²) < 4.78 is 0. The van der Waals surface area contributed by atoms with Gasteiger partial charge in [-0.2, -0.15) is 0 Å². The minimum atomic E-state index is 0.827. The smallest absolute Gasteiger partial charge is 0.0171 e. The summed E-state index contributed by atoms with van der Waals surface area (Å²) in [5.41, 5.74) is 1.16. The zero-order valence-electron chi connectivity index (χ0n) is 8.35. The second kappa shape index (κ2) is 5.22. The quantitative estimate of drug-likeness (QED) is 0.590. The number of nitrogens with zero attached hydrogens (tertiary/aromatic N) is 1. The molecule has 0 saturated heterocycles. The van der Waals surface area contributed by atoms with Gasteiger partial charge in [0.25, 0.3) is 0 Å². The lowest BCUT2D eigenvalue weighted by Crippen LogP contribution is -2.16. The fourth-order valence-corrected chi connectivity index (χ4v) is 0.928. The summed E-state index contributed by atoms with van der Waals surface area (Å²) in [6.07, 6.45) is 2.60. The Balaban J connectivity index is 3.31. The van der Waals surface area contributed by atoms with Crippen molar-refractivity contribution < 1.29 is 0 Å². The molecule has 0 radical (unpaired) electrons. The number of hydrogen-bond acceptors (Lipinski definition) is 1. The van der Waals surface area contributed by atoms with Crippen LogP contribution < -0.4 is 0 Å². The molecule has 0 aromatic heterocycles. The molecule has 1 nitrogen and oxygen atoms in total. The molecular weight excluding hydrogens is 134 g/mol. The van der Waals surface area contributed by atoms with E-state index in [1.807, 2.05) is 0 Å². The molecule has 0 fully saturated rings. The van der Waals surface area contributed by atoms with Gasteiger partial charge < -0.3 is 4.90 Å². The van der Waals surface area contributed by atoms with Gasteiger partial charge in [-0.3, -0.25) is 0 Å². The summed E-state index contributed by atoms with van der Waals surface area (Å²) in [6.45, 7) is 11.6. The van der Waals surface area contributed by atoms with Crippen molar-refractivity contribution in [3.8, 4) is 0 Å². The first-order valence-electron chi connectivity index (χ1n) is 4.40. The van der Waals surface area contributed by atoms with Gasteiger partial charge in [-0.05, 0) is 25.7 Å². The zero-order chi connectivity index (χ0) is 8.85. The largest absolute Gasteiger partial charge is 0.379 e. The van der Waals surface area contributed by atoms with E-state index in [1.165, 1.54) is 12.8 Å². The maximum atomic E-state index is 3.88. The Labute approximate surface area is 71.1 Å². The molecule has 0 spiro atoms. The molecule has 0 bridgehead atoms. The summed E-state index contributed by atoms with van der Waals surface area (Å²) in [5.74, 6) is 0.827. The molecule has 1 heteroatoms. The van der Waals surface area contributed by atoms with E-state index in [9.17, 15) is 0 Å². The van der Waals surface area contributed by atoms with E-state index in [4.69, 9.17) is 0 Å². The molecule has 0 amide bonds. The third kappa shape index (κ3) is 5.96. The van der Waals surface area contributed by atoms with Crippen LogP contribution in [0.1, 0.15) is 33.6 Å². The summed E-state index contributed by atoms with van der Waals surface area (Å²) >= 11 is 0. The van der Waals surface area contributed by atoms with Gasteiger partial charge in [0.15, 0.2) is 0 Å². The highest BCUT2D eigenvalue weighted by Gasteiger charge is 1.97. The third-order valence-corrected chi connectivity index (χ3v) is 1.93. The average Bonchev–Trinajstić information content (AvgIpc) is 1.86. The SMILES string of the molecule is C=C(C)N(C)CCCC(C)C. The molecule has 0 aliphatic carbocycles. The van der Waals surface area contributed by atoms with Gasteiger partial charge in [0, 0.05) is 19.3 Å². The van der Waals surface area contributed by atoms with Gasteiger partial charge in [-0.15, -0.1) is 0 Å². The van der Waals surface area contributed by atoms with Crippen molar-refractivity contribution in [1.82, 2.24) is 4.90 Å². The van der Waals surface area contributed by atoms with Gasteiger partial charge in [0.2, 0.25) is 0 Å². The molecule has 11 heavy (non-hydrogen) atoms. The normalized spacial score (nSPS) is 10.3. The van der Waals surface area contributed by atoms with Crippen molar-refractivity contribution >= 4 is 0 Å². The van der Waals surface area contributed by atoms with E-state index >= 15 is 0 Å². The van der Waals surface area contributed by atoms with Crippen LogP contribution >= 0.6 is 0 Å². The Bertz CT molecular complexity index is 116. The molecule has 0 atom stereocenters. The van der Waals surface area contributed by atoms with Gasteiger partial charge in [-0.1, -0.05) is 20.4 Å². The average molecular weight is 155 g/mol. The van der Waals surface area contributed by atoms with Crippen molar-refractivity contribution in [3.05, 3.63) is 12.3 Å². The van der Waals surface area contributed by atoms with Crippen LogP contribution in [-0.4, -0.2) is 18.5 Å². The minimum Gasteiger partial charge on any atom is -0.379 e. The maximum Gasteiger partial charge on any atom is 0.0171 e. The lowest BCUT2D eigenvalue weighted by molar-refractivity contribution is 0.388. The van der Waals surface area contributed by atoms with Crippen LogP contribution in [0.25, 0.3) is 0 Å². The first-order chi connectivity index (χ1) is 5.04. The van der Waals surface area contributed by atoms with E-state index in [1.54, 1.807) is 0 Å². The third-order valence-electron chi connectivity index (χ3n) is 1.93. The Morgan fingerprint density at radius 2 is 2.00 bits per heavy atom. The van der Waals surface area contributed by atoms with Crippen molar-refractivity contribution in [2.24, 2.45) is 5.92 Å². The predicted molar refractivity (Wildman–Crippen MR) is 51.5 cm³/mol. The van der Waals surface area contributed by atoms with Gasteiger partial charge in [0.1, 0.15) is 0 Å². The minimum absolute atomic E-state index is 0.827. The molecular formula is C10H21N. The van der Waals surface area contributed by atoms with Crippen LogP contribution in [-0.2, 0) is 0 Å². The Kier molecular flexibility index (Phi) is 5.01. The molecule has 66 valence electrons. The molecule has 0 saturated carbocycles. The lowest BCUT2D eigenvalue weighted by Gasteiger charge is -2.18. The summed E-state index contributed by atoms with van der Waals surface area (Å²) in [5, 5.41) is 0. The standard InChI is InChI=1S/C10H21N/c1-9(2)7-6-8-11(5)10(3)4/h9H,3,6-8H2,1-2,4-5H3. The second-order valence-corrected chi connectivity index (χ2v) is 3.69. The number of rotatable bonds is 5. The Morgan fingerprint density at radius 3 is 2.36 bits per heavy atom. The summed E-state index contributed by atoms with van der Waals surface area (Å²) in [7, 11) is 2.10. The van der Waals surface area contributed by atoms with Crippen molar-refractivity contribution in [1.29, 1.82) is 0 Å². The molecule has 0 aromatic rings. The van der Waals surface area contributed by atoms with Crippen LogP contribution in [0, 0.1) is 5.92 Å². The monoisotopic (exact) mass is 155 g/mol. The first-order valence-corrected chi connectivity index (χ1v) is 4.40. The highest BCUT2D eigenvalue weighted by atomic mass is 15.1. The summed E-state index contributed by atoms with van der Waals surface area (Å²) in [4.78, 5) is 2.21. The molecule has 0 N–H and O–H groups in total. The first kappa shape index (κ1) is 10.5. The van der Waals surface area contributed by atoms with Crippen molar-refractivity contribution in [3.63, 3.8) is 0 Å². The summed E-state index contributed by atoms with van der Waals surface area (Å²) in [6, 6.07) is 0. The Hall–Kier alpha value is -0.460. The van der Waals surface area contributed by atoms with Crippen molar-refractivity contribution in [2.45, 2.75) is 33.6 Å². The van der Waals surface area contributed by atoms with Gasteiger partial charge >= 0.3 is 0 Å². The molecule has 0 aliphatic heterocycles. The molecule has 0 aliphatic rings. The van der Waals surface area contributed by atoms with Crippen LogP contribution in [0.5, 0.6) is 0 Å². The van der Waals surface area contributed by atoms with E-state index in [0.717, 1.165) is 18.2 Å². The van der Waals surface area contributed by atoms with Crippen LogP contribution in [0.4, 0.5) is 0 Å². The lowest BCUT2D eigenvalue weighted by atomic mass is 10.1. The van der Waals surface area contributed by atoms with E-state index in [0.29, 0.717) is 0 Å². The van der Waals surface area contributed by atoms with E-state index in [2.05, 4.69) is 39.3 Å². The van der Waals surface area contributed by atoms with E-state index < -0.39 is 0 Å². The van der Waals surface area contributed by atoms with Crippen LogP contribution in [0.2, 0.25) is 0 Å². The second-order valence-electron chi connectivity index (χ2n) is 3.69.